The zero-order valence-corrected chi connectivity index (χ0v) is 22.1. The molecule has 2 fully saturated rings. The van der Waals surface area contributed by atoms with Gasteiger partial charge in [0, 0.05) is 74.5 Å². The molecule has 0 radical (unpaired) electrons. The van der Waals surface area contributed by atoms with Crippen molar-refractivity contribution in [3.63, 3.8) is 0 Å². The minimum Gasteiger partial charge on any atom is -0.390 e. The number of anilines is 1. The summed E-state index contributed by atoms with van der Waals surface area (Å²) in [6, 6.07) is 4.42. The molecule has 1 amide bonds. The van der Waals surface area contributed by atoms with E-state index in [0.717, 1.165) is 54.6 Å². The van der Waals surface area contributed by atoms with Crippen LogP contribution in [-0.4, -0.2) is 68.5 Å². The Morgan fingerprint density at radius 2 is 2.00 bits per heavy atom. The fourth-order valence-electron chi connectivity index (χ4n) is 5.14. The molecule has 0 bridgehead atoms. The lowest BCUT2D eigenvalue weighted by atomic mass is 9.94. The van der Waals surface area contributed by atoms with E-state index < -0.39 is 5.60 Å². The molecule has 37 heavy (non-hydrogen) atoms. The summed E-state index contributed by atoms with van der Waals surface area (Å²) in [6.07, 6.45) is 10.2. The average molecular weight is 507 g/mol. The molecule has 0 aromatic carbocycles. The number of piperidine rings is 1. The minimum absolute atomic E-state index is 0.0468. The standard InChI is InChI=1S/C28H38N6O3/c1-4-19(2)34-18-24(26(35)31-20-6-13-37-14-7-20)23-17-30-22(16-25(23)34)15-21-5-10-29-27(32-21)33-11-8-28(3,36)9-12-33/h5,10,16-20,36H,4,6-9,11-15H2,1-3H3,(H,31,35). The summed E-state index contributed by atoms with van der Waals surface area (Å²) in [5.74, 6) is 0.651. The van der Waals surface area contributed by atoms with Crippen molar-refractivity contribution in [2.45, 2.75) is 77.0 Å². The van der Waals surface area contributed by atoms with Crippen LogP contribution >= 0.6 is 0 Å². The van der Waals surface area contributed by atoms with E-state index in [1.54, 1.807) is 6.20 Å². The number of hydrogen-bond acceptors (Lipinski definition) is 7. The van der Waals surface area contributed by atoms with E-state index in [0.29, 0.717) is 44.0 Å². The molecule has 0 saturated carbocycles. The van der Waals surface area contributed by atoms with Gasteiger partial charge in [-0.25, -0.2) is 9.97 Å². The summed E-state index contributed by atoms with van der Waals surface area (Å²) in [6.45, 7) is 9.07. The lowest BCUT2D eigenvalue weighted by Gasteiger charge is -2.35. The topological polar surface area (TPSA) is 105 Å². The Kier molecular flexibility index (Phi) is 7.44. The van der Waals surface area contributed by atoms with Crippen molar-refractivity contribution in [2.24, 2.45) is 0 Å². The van der Waals surface area contributed by atoms with Crippen molar-refractivity contribution in [2.75, 3.05) is 31.2 Å². The van der Waals surface area contributed by atoms with Crippen molar-refractivity contribution in [3.05, 3.63) is 47.7 Å². The molecule has 3 aromatic heterocycles. The van der Waals surface area contributed by atoms with Crippen LogP contribution in [-0.2, 0) is 11.2 Å². The number of pyridine rings is 1. The predicted molar refractivity (Wildman–Crippen MR) is 143 cm³/mol. The highest BCUT2D eigenvalue weighted by molar-refractivity contribution is 6.07. The highest BCUT2D eigenvalue weighted by Gasteiger charge is 2.28. The summed E-state index contributed by atoms with van der Waals surface area (Å²) in [4.78, 5) is 29.4. The van der Waals surface area contributed by atoms with Crippen molar-refractivity contribution < 1.29 is 14.6 Å². The van der Waals surface area contributed by atoms with Gasteiger partial charge in [0.15, 0.2) is 0 Å². The van der Waals surface area contributed by atoms with Gasteiger partial charge in [-0.1, -0.05) is 6.92 Å². The van der Waals surface area contributed by atoms with E-state index in [-0.39, 0.29) is 18.0 Å². The smallest absolute Gasteiger partial charge is 0.253 e. The highest BCUT2D eigenvalue weighted by Crippen LogP contribution is 2.28. The second-order valence-electron chi connectivity index (χ2n) is 10.8. The van der Waals surface area contributed by atoms with Crippen LogP contribution in [0.5, 0.6) is 0 Å². The van der Waals surface area contributed by atoms with Crippen molar-refractivity contribution in [1.29, 1.82) is 0 Å². The number of rotatable bonds is 7. The second kappa shape index (κ2) is 10.8. The highest BCUT2D eigenvalue weighted by atomic mass is 16.5. The maximum absolute atomic E-state index is 13.2. The maximum Gasteiger partial charge on any atom is 0.253 e. The van der Waals surface area contributed by atoms with Crippen molar-refractivity contribution in [1.82, 2.24) is 24.8 Å². The van der Waals surface area contributed by atoms with Gasteiger partial charge in [-0.05, 0) is 58.1 Å². The first-order valence-electron chi connectivity index (χ1n) is 13.5. The number of aromatic nitrogens is 4. The van der Waals surface area contributed by atoms with Crippen molar-refractivity contribution in [3.8, 4) is 0 Å². The van der Waals surface area contributed by atoms with Crippen LogP contribution in [0.2, 0.25) is 0 Å². The van der Waals surface area contributed by atoms with Crippen LogP contribution < -0.4 is 10.2 Å². The SMILES string of the molecule is CCC(C)n1cc(C(=O)NC2CCOCC2)c2cnc(Cc3ccnc(N4CCC(C)(O)CC4)n3)cc21. The van der Waals surface area contributed by atoms with Crippen LogP contribution in [0.4, 0.5) is 5.95 Å². The Hall–Kier alpha value is -3.04. The number of amides is 1. The van der Waals surface area contributed by atoms with E-state index >= 15 is 0 Å². The monoisotopic (exact) mass is 506 g/mol. The summed E-state index contributed by atoms with van der Waals surface area (Å²) >= 11 is 0. The summed E-state index contributed by atoms with van der Waals surface area (Å²) in [5, 5.41) is 14.3. The summed E-state index contributed by atoms with van der Waals surface area (Å²) in [7, 11) is 0. The fourth-order valence-corrected chi connectivity index (χ4v) is 5.14. The van der Waals surface area contributed by atoms with Crippen LogP contribution in [0, 0.1) is 0 Å². The number of aliphatic hydroxyl groups is 1. The molecule has 2 aliphatic heterocycles. The first-order chi connectivity index (χ1) is 17.8. The van der Waals surface area contributed by atoms with Gasteiger partial charge < -0.3 is 24.6 Å². The quantitative estimate of drug-likeness (QED) is 0.504. The molecule has 5 heterocycles. The molecule has 2 aliphatic rings. The van der Waals surface area contributed by atoms with Gasteiger partial charge in [0.2, 0.25) is 5.95 Å². The molecular formula is C28H38N6O3. The molecule has 9 nitrogen and oxygen atoms in total. The third-order valence-electron chi connectivity index (χ3n) is 7.83. The van der Waals surface area contributed by atoms with Gasteiger partial charge in [-0.3, -0.25) is 9.78 Å². The third kappa shape index (κ3) is 5.78. The van der Waals surface area contributed by atoms with E-state index in [2.05, 4.69) is 39.7 Å². The number of carbonyl (C=O) groups excluding carboxylic acids is 1. The Balaban J connectivity index is 1.38. The first kappa shape index (κ1) is 25.6. The Morgan fingerprint density at radius 3 is 2.73 bits per heavy atom. The van der Waals surface area contributed by atoms with Crippen molar-refractivity contribution >= 4 is 22.8 Å². The van der Waals surface area contributed by atoms with Gasteiger partial charge in [-0.2, -0.15) is 0 Å². The molecule has 5 rings (SSSR count). The molecular weight excluding hydrogens is 468 g/mol. The average Bonchev–Trinajstić information content (AvgIpc) is 3.28. The van der Waals surface area contributed by atoms with E-state index in [1.165, 1.54) is 0 Å². The minimum atomic E-state index is -0.613. The molecule has 1 atom stereocenters. The van der Waals surface area contributed by atoms with Crippen LogP contribution in [0.1, 0.15) is 80.7 Å². The number of hydrogen-bond donors (Lipinski definition) is 2. The van der Waals surface area contributed by atoms with E-state index in [4.69, 9.17) is 14.7 Å². The second-order valence-corrected chi connectivity index (χ2v) is 10.8. The van der Waals surface area contributed by atoms with Gasteiger partial charge in [0.1, 0.15) is 0 Å². The molecule has 2 saturated heterocycles. The van der Waals surface area contributed by atoms with Gasteiger partial charge >= 0.3 is 0 Å². The normalized spacial score (nSPS) is 19.2. The van der Waals surface area contributed by atoms with Gasteiger partial charge in [0.25, 0.3) is 5.91 Å². The molecule has 3 aromatic rings. The first-order valence-corrected chi connectivity index (χ1v) is 13.5. The zero-order valence-electron chi connectivity index (χ0n) is 22.1. The van der Waals surface area contributed by atoms with E-state index in [1.807, 2.05) is 25.4 Å². The zero-order chi connectivity index (χ0) is 26.0. The third-order valence-corrected chi connectivity index (χ3v) is 7.83. The molecule has 2 N–H and O–H groups in total. The largest absolute Gasteiger partial charge is 0.390 e. The van der Waals surface area contributed by atoms with Crippen LogP contribution in [0.15, 0.2) is 30.7 Å². The van der Waals surface area contributed by atoms with E-state index in [9.17, 15) is 9.90 Å². The Morgan fingerprint density at radius 1 is 1.24 bits per heavy atom. The maximum atomic E-state index is 13.2. The molecule has 1 unspecified atom stereocenters. The number of ether oxygens (including phenoxy) is 1. The lowest BCUT2D eigenvalue weighted by molar-refractivity contribution is 0.0348. The fraction of sp³-hybridized carbons (Fsp3) is 0.571. The number of carbonyl (C=O) groups is 1. The van der Waals surface area contributed by atoms with Gasteiger partial charge in [0.05, 0.1) is 22.4 Å². The summed E-state index contributed by atoms with van der Waals surface area (Å²) in [5.41, 5.74) is 2.87. The lowest BCUT2D eigenvalue weighted by Crippen LogP contribution is -2.43. The van der Waals surface area contributed by atoms with Gasteiger partial charge in [-0.15, -0.1) is 0 Å². The molecule has 198 valence electrons. The predicted octanol–water partition coefficient (Wildman–Crippen LogP) is 3.65. The number of fused-ring (bicyclic) bond motifs is 1. The number of nitrogens with one attached hydrogen (secondary N) is 1. The Labute approximate surface area is 218 Å². The number of nitrogens with zero attached hydrogens (tertiary/aromatic N) is 5. The summed E-state index contributed by atoms with van der Waals surface area (Å²) < 4.78 is 7.63. The molecule has 0 aliphatic carbocycles. The molecule has 9 heteroatoms. The van der Waals surface area contributed by atoms with Crippen LogP contribution in [0.3, 0.4) is 0 Å². The van der Waals surface area contributed by atoms with Crippen LogP contribution in [0.25, 0.3) is 10.9 Å². The molecule has 0 spiro atoms. The Bertz CT molecular complexity index is 1240.